The van der Waals surface area contributed by atoms with E-state index in [1.54, 1.807) is 8.61 Å². The Hall–Kier alpha value is -0.210. The van der Waals surface area contributed by atoms with E-state index in [1.165, 1.54) is 0 Å². The van der Waals surface area contributed by atoms with Crippen molar-refractivity contribution in [1.82, 2.24) is 13.9 Å². The molecule has 3 atom stereocenters. The molecule has 0 bridgehead atoms. The van der Waals surface area contributed by atoms with E-state index in [4.69, 9.17) is 4.74 Å². The second-order valence-corrected chi connectivity index (χ2v) is 7.43. The third-order valence-electron chi connectivity index (χ3n) is 3.77. The van der Waals surface area contributed by atoms with Crippen LogP contribution in [0.15, 0.2) is 0 Å². The number of hydrogen-bond acceptors (Lipinski definition) is 4. The summed E-state index contributed by atoms with van der Waals surface area (Å²) in [6.45, 7) is 6.11. The zero-order valence-electron chi connectivity index (χ0n) is 12.0. The van der Waals surface area contributed by atoms with Crippen LogP contribution >= 0.6 is 0 Å². The predicted molar refractivity (Wildman–Crippen MR) is 74.2 cm³/mol. The molecule has 0 amide bonds. The molecule has 0 aromatic carbocycles. The lowest BCUT2D eigenvalue weighted by Crippen LogP contribution is -2.54. The van der Waals surface area contributed by atoms with E-state index in [9.17, 15) is 8.42 Å². The van der Waals surface area contributed by atoms with Crippen molar-refractivity contribution in [1.29, 1.82) is 0 Å². The first-order valence-corrected chi connectivity index (χ1v) is 8.41. The van der Waals surface area contributed by atoms with Crippen LogP contribution in [0.4, 0.5) is 0 Å². The van der Waals surface area contributed by atoms with E-state index < -0.39 is 10.2 Å². The van der Waals surface area contributed by atoms with Gasteiger partial charge in [0.15, 0.2) is 0 Å². The summed E-state index contributed by atoms with van der Waals surface area (Å²) in [4.78, 5) is 0. The fraction of sp³-hybridized carbons (Fsp3) is 1.00. The Morgan fingerprint density at radius 2 is 1.89 bits per heavy atom. The summed E-state index contributed by atoms with van der Waals surface area (Å²) in [5.41, 5.74) is 0. The molecular weight excluding hydrogens is 266 g/mol. The molecule has 0 unspecified atom stereocenters. The Bertz CT molecular complexity index is 391. The zero-order valence-corrected chi connectivity index (χ0v) is 12.8. The normalized spacial score (nSPS) is 34.8. The van der Waals surface area contributed by atoms with Gasteiger partial charge in [-0.05, 0) is 33.7 Å². The molecule has 0 spiro atoms. The van der Waals surface area contributed by atoms with Crippen LogP contribution in [0.2, 0.25) is 0 Å². The van der Waals surface area contributed by atoms with Gasteiger partial charge in [0.1, 0.15) is 0 Å². The van der Waals surface area contributed by atoms with E-state index in [2.05, 4.69) is 5.32 Å². The van der Waals surface area contributed by atoms with Gasteiger partial charge in [0.05, 0.1) is 12.2 Å². The average molecular weight is 291 g/mol. The van der Waals surface area contributed by atoms with Crippen LogP contribution in [0.25, 0.3) is 0 Å². The maximum atomic E-state index is 12.7. The van der Waals surface area contributed by atoms with E-state index in [0.29, 0.717) is 26.2 Å². The molecule has 0 aliphatic carbocycles. The van der Waals surface area contributed by atoms with E-state index in [0.717, 1.165) is 12.8 Å². The smallest absolute Gasteiger partial charge is 0.282 e. The van der Waals surface area contributed by atoms with E-state index in [-0.39, 0.29) is 18.2 Å². The number of likely N-dealkylation sites (N-methyl/N-ethyl adjacent to an activating group) is 1. The van der Waals surface area contributed by atoms with Gasteiger partial charge in [-0.15, -0.1) is 0 Å². The maximum absolute atomic E-state index is 12.7. The van der Waals surface area contributed by atoms with Crippen molar-refractivity contribution in [2.24, 2.45) is 0 Å². The number of hydrogen-bond donors (Lipinski definition) is 1. The van der Waals surface area contributed by atoms with Gasteiger partial charge in [0, 0.05) is 32.2 Å². The van der Waals surface area contributed by atoms with Crippen LogP contribution in [0.5, 0.6) is 0 Å². The van der Waals surface area contributed by atoms with Crippen LogP contribution in [0, 0.1) is 0 Å². The molecule has 2 fully saturated rings. The van der Waals surface area contributed by atoms with Gasteiger partial charge in [-0.1, -0.05) is 0 Å². The minimum absolute atomic E-state index is 0.0381. The van der Waals surface area contributed by atoms with Gasteiger partial charge in [0.2, 0.25) is 0 Å². The fourth-order valence-corrected chi connectivity index (χ4v) is 5.03. The summed E-state index contributed by atoms with van der Waals surface area (Å²) in [5.74, 6) is 0. The molecule has 2 rings (SSSR count). The van der Waals surface area contributed by atoms with Gasteiger partial charge in [0.25, 0.3) is 10.2 Å². The third-order valence-corrected chi connectivity index (χ3v) is 5.80. The molecule has 2 saturated heterocycles. The second kappa shape index (κ2) is 6.05. The Morgan fingerprint density at radius 3 is 2.47 bits per heavy atom. The molecule has 0 saturated carbocycles. The lowest BCUT2D eigenvalue weighted by molar-refractivity contribution is -0.0455. The third kappa shape index (κ3) is 3.28. The van der Waals surface area contributed by atoms with Gasteiger partial charge < -0.3 is 10.1 Å². The first kappa shape index (κ1) is 15.2. The highest BCUT2D eigenvalue weighted by Gasteiger charge is 2.40. The van der Waals surface area contributed by atoms with Crippen molar-refractivity contribution in [2.45, 2.75) is 44.9 Å². The molecule has 6 nitrogen and oxygen atoms in total. The predicted octanol–water partition coefficient (Wildman–Crippen LogP) is 0.0242. The molecule has 112 valence electrons. The molecule has 1 N–H and O–H groups in total. The van der Waals surface area contributed by atoms with E-state index in [1.807, 2.05) is 20.9 Å². The first-order chi connectivity index (χ1) is 8.95. The highest BCUT2D eigenvalue weighted by atomic mass is 32.2. The summed E-state index contributed by atoms with van der Waals surface area (Å²) in [6.07, 6.45) is 1.81. The van der Waals surface area contributed by atoms with Crippen molar-refractivity contribution in [3.8, 4) is 0 Å². The molecule has 0 aromatic rings. The largest absolute Gasteiger partial charge is 0.373 e. The van der Waals surface area contributed by atoms with Crippen LogP contribution in [-0.2, 0) is 14.9 Å². The SMILES string of the molecule is CNC[C@@H]1CCCN1S(=O)(=O)N1C[C@@H](C)O[C@H](C)C1. The van der Waals surface area contributed by atoms with Crippen molar-refractivity contribution in [2.75, 3.05) is 33.2 Å². The quantitative estimate of drug-likeness (QED) is 0.793. The molecule has 2 heterocycles. The van der Waals surface area contributed by atoms with Gasteiger partial charge in [-0.25, -0.2) is 0 Å². The molecule has 0 radical (unpaired) electrons. The van der Waals surface area contributed by atoms with Crippen LogP contribution < -0.4 is 5.32 Å². The fourth-order valence-electron chi connectivity index (χ4n) is 3.02. The highest BCUT2D eigenvalue weighted by Crippen LogP contribution is 2.25. The Labute approximate surface area is 116 Å². The first-order valence-electron chi connectivity index (χ1n) is 7.02. The van der Waals surface area contributed by atoms with Crippen molar-refractivity contribution in [3.05, 3.63) is 0 Å². The highest BCUT2D eigenvalue weighted by molar-refractivity contribution is 7.86. The molecule has 2 aliphatic rings. The number of rotatable bonds is 4. The lowest BCUT2D eigenvalue weighted by atomic mass is 10.2. The summed E-state index contributed by atoms with van der Waals surface area (Å²) in [7, 11) is -1.49. The van der Waals surface area contributed by atoms with Crippen molar-refractivity contribution < 1.29 is 13.2 Å². The van der Waals surface area contributed by atoms with Gasteiger partial charge in [-0.2, -0.15) is 17.0 Å². The van der Waals surface area contributed by atoms with Crippen molar-refractivity contribution in [3.63, 3.8) is 0 Å². The average Bonchev–Trinajstić information content (AvgIpc) is 2.77. The Morgan fingerprint density at radius 1 is 1.26 bits per heavy atom. The molecular formula is C12H25N3O3S. The summed E-state index contributed by atoms with van der Waals surface area (Å²) < 4.78 is 34.3. The number of nitrogens with zero attached hydrogens (tertiary/aromatic N) is 2. The lowest BCUT2D eigenvalue weighted by Gasteiger charge is -2.37. The second-order valence-electron chi connectivity index (χ2n) is 5.55. The van der Waals surface area contributed by atoms with Crippen molar-refractivity contribution >= 4 is 10.2 Å². The maximum Gasteiger partial charge on any atom is 0.282 e. The molecule has 7 heteroatoms. The standard InChI is InChI=1S/C12H25N3O3S/c1-10-8-14(9-11(2)18-10)19(16,17)15-6-4-5-12(15)7-13-3/h10-13H,4-9H2,1-3H3/t10-,11-,12+/m1/s1. The van der Waals surface area contributed by atoms with Gasteiger partial charge in [-0.3, -0.25) is 0 Å². The Balaban J connectivity index is 2.12. The summed E-state index contributed by atoms with van der Waals surface area (Å²) >= 11 is 0. The molecule has 0 aromatic heterocycles. The monoisotopic (exact) mass is 291 g/mol. The minimum Gasteiger partial charge on any atom is -0.373 e. The zero-order chi connectivity index (χ0) is 14.0. The van der Waals surface area contributed by atoms with Crippen LogP contribution in [0.3, 0.4) is 0 Å². The minimum atomic E-state index is -3.35. The number of nitrogens with one attached hydrogen (secondary N) is 1. The topological polar surface area (TPSA) is 61.9 Å². The molecule has 19 heavy (non-hydrogen) atoms. The van der Waals surface area contributed by atoms with Gasteiger partial charge >= 0.3 is 0 Å². The number of ether oxygens (including phenoxy) is 1. The number of morpholine rings is 1. The van der Waals surface area contributed by atoms with E-state index >= 15 is 0 Å². The molecule has 2 aliphatic heterocycles. The summed E-state index contributed by atoms with van der Waals surface area (Å²) in [6, 6.07) is 0.0865. The van der Waals surface area contributed by atoms with Crippen LogP contribution in [0.1, 0.15) is 26.7 Å². The van der Waals surface area contributed by atoms with Crippen LogP contribution in [-0.4, -0.2) is 68.5 Å². The summed E-state index contributed by atoms with van der Waals surface area (Å²) in [5, 5.41) is 3.08. The Kier molecular flexibility index (Phi) is 4.84.